The molecular formula is C16H29N3O2. The van der Waals surface area contributed by atoms with Gasteiger partial charge >= 0.3 is 0 Å². The molecule has 21 heavy (non-hydrogen) atoms. The monoisotopic (exact) mass is 295 g/mol. The molecule has 2 aliphatic carbocycles. The van der Waals surface area contributed by atoms with Crippen molar-refractivity contribution in [3.8, 4) is 0 Å². The van der Waals surface area contributed by atoms with Crippen LogP contribution in [0, 0.1) is 11.3 Å². The molecule has 0 radical (unpaired) electrons. The summed E-state index contributed by atoms with van der Waals surface area (Å²) in [7, 11) is 0. The van der Waals surface area contributed by atoms with Gasteiger partial charge in [0.05, 0.1) is 18.2 Å². The van der Waals surface area contributed by atoms with Crippen molar-refractivity contribution >= 4 is 5.96 Å². The number of ether oxygens (including phenoxy) is 1. The van der Waals surface area contributed by atoms with E-state index in [0.717, 1.165) is 44.8 Å². The lowest BCUT2D eigenvalue weighted by Gasteiger charge is -2.55. The molecule has 0 aromatic heterocycles. The highest BCUT2D eigenvalue weighted by Crippen LogP contribution is 2.52. The van der Waals surface area contributed by atoms with E-state index in [4.69, 9.17) is 4.74 Å². The lowest BCUT2D eigenvalue weighted by molar-refractivity contribution is -0.106. The quantitative estimate of drug-likeness (QED) is 0.540. The molecule has 0 amide bonds. The van der Waals surface area contributed by atoms with Gasteiger partial charge in [0.1, 0.15) is 0 Å². The van der Waals surface area contributed by atoms with Crippen molar-refractivity contribution in [3.63, 3.8) is 0 Å². The Bertz CT molecular complexity index is 418. The van der Waals surface area contributed by atoms with E-state index < -0.39 is 5.60 Å². The standard InChI is InChI=1S/C16H29N3O2/c1-4-17-14(18-10-16(20)7-5-8-16)19-12-11-6-9-21-13(11)15(12,2)3/h11-13,20H,4-10H2,1-3H3,(H2,17,18,19). The van der Waals surface area contributed by atoms with Crippen LogP contribution < -0.4 is 10.6 Å². The summed E-state index contributed by atoms with van der Waals surface area (Å²) in [5.74, 6) is 1.43. The van der Waals surface area contributed by atoms with Gasteiger partial charge in [0.25, 0.3) is 0 Å². The fraction of sp³-hybridized carbons (Fsp3) is 0.938. The Kier molecular flexibility index (Phi) is 3.91. The molecule has 1 aliphatic heterocycles. The summed E-state index contributed by atoms with van der Waals surface area (Å²) in [6.07, 6.45) is 4.39. The van der Waals surface area contributed by atoms with Gasteiger partial charge in [-0.05, 0) is 32.6 Å². The summed E-state index contributed by atoms with van der Waals surface area (Å²) in [4.78, 5) is 4.61. The SMILES string of the molecule is CCNC(=NCC1(O)CCC1)NC1C2CCOC2C1(C)C. The van der Waals surface area contributed by atoms with Crippen LogP contribution in [0.2, 0.25) is 0 Å². The van der Waals surface area contributed by atoms with Crippen molar-refractivity contribution in [1.29, 1.82) is 0 Å². The molecule has 3 fully saturated rings. The van der Waals surface area contributed by atoms with Crippen LogP contribution in [0.4, 0.5) is 0 Å². The van der Waals surface area contributed by atoms with Gasteiger partial charge in [-0.15, -0.1) is 0 Å². The van der Waals surface area contributed by atoms with Crippen molar-refractivity contribution in [2.75, 3.05) is 19.7 Å². The Balaban J connectivity index is 1.63. The highest BCUT2D eigenvalue weighted by atomic mass is 16.5. The van der Waals surface area contributed by atoms with E-state index >= 15 is 0 Å². The lowest BCUT2D eigenvalue weighted by atomic mass is 9.57. The smallest absolute Gasteiger partial charge is 0.191 e. The number of fused-ring (bicyclic) bond motifs is 1. The molecule has 1 heterocycles. The third-order valence-electron chi connectivity index (χ3n) is 5.55. The second-order valence-electron chi connectivity index (χ2n) is 7.46. The molecular weight excluding hydrogens is 266 g/mol. The minimum absolute atomic E-state index is 0.144. The number of aliphatic imine (C=N–C) groups is 1. The number of hydrogen-bond acceptors (Lipinski definition) is 3. The van der Waals surface area contributed by atoms with Crippen molar-refractivity contribution < 1.29 is 9.84 Å². The lowest BCUT2D eigenvalue weighted by Crippen LogP contribution is -2.68. The van der Waals surface area contributed by atoms with Crippen molar-refractivity contribution in [2.24, 2.45) is 16.3 Å². The van der Waals surface area contributed by atoms with E-state index in [9.17, 15) is 5.11 Å². The predicted molar refractivity (Wildman–Crippen MR) is 83.3 cm³/mol. The topological polar surface area (TPSA) is 65.9 Å². The molecule has 3 aliphatic rings. The first kappa shape index (κ1) is 15.1. The first-order chi connectivity index (χ1) is 9.96. The number of aliphatic hydroxyl groups is 1. The second kappa shape index (κ2) is 5.43. The third kappa shape index (κ3) is 2.66. The molecule has 1 saturated heterocycles. The van der Waals surface area contributed by atoms with Gasteiger partial charge in [-0.2, -0.15) is 0 Å². The maximum atomic E-state index is 10.2. The van der Waals surface area contributed by atoms with Gasteiger partial charge in [0, 0.05) is 30.5 Å². The van der Waals surface area contributed by atoms with E-state index in [0.29, 0.717) is 24.6 Å². The van der Waals surface area contributed by atoms with Crippen LogP contribution in [-0.4, -0.2) is 48.5 Å². The average Bonchev–Trinajstić information content (AvgIpc) is 2.86. The molecule has 2 saturated carbocycles. The zero-order chi connectivity index (χ0) is 15.1. The zero-order valence-electron chi connectivity index (χ0n) is 13.5. The summed E-state index contributed by atoms with van der Waals surface area (Å²) in [6, 6.07) is 0.402. The summed E-state index contributed by atoms with van der Waals surface area (Å²) >= 11 is 0. The second-order valence-corrected chi connectivity index (χ2v) is 7.46. The fourth-order valence-electron chi connectivity index (χ4n) is 4.05. The number of hydrogen-bond donors (Lipinski definition) is 3. The Labute approximate surface area is 127 Å². The maximum Gasteiger partial charge on any atom is 0.191 e. The summed E-state index contributed by atoms with van der Waals surface area (Å²) < 4.78 is 5.84. The molecule has 5 nitrogen and oxygen atoms in total. The van der Waals surface area contributed by atoms with E-state index in [-0.39, 0.29) is 5.41 Å². The Hall–Kier alpha value is -0.810. The molecule has 0 aromatic rings. The molecule has 3 atom stereocenters. The Morgan fingerprint density at radius 1 is 1.38 bits per heavy atom. The highest BCUT2D eigenvalue weighted by molar-refractivity contribution is 5.80. The number of rotatable bonds is 4. The summed E-state index contributed by atoms with van der Waals surface area (Å²) in [6.45, 7) is 8.81. The van der Waals surface area contributed by atoms with E-state index in [1.165, 1.54) is 0 Å². The molecule has 120 valence electrons. The van der Waals surface area contributed by atoms with Crippen molar-refractivity contribution in [2.45, 2.75) is 64.2 Å². The highest BCUT2D eigenvalue weighted by Gasteiger charge is 2.59. The van der Waals surface area contributed by atoms with Crippen LogP contribution in [-0.2, 0) is 4.74 Å². The van der Waals surface area contributed by atoms with E-state index in [1.54, 1.807) is 0 Å². The van der Waals surface area contributed by atoms with Crippen LogP contribution in [0.3, 0.4) is 0 Å². The normalized spacial score (nSPS) is 36.4. The van der Waals surface area contributed by atoms with Gasteiger partial charge in [0.15, 0.2) is 5.96 Å². The zero-order valence-corrected chi connectivity index (χ0v) is 13.5. The largest absolute Gasteiger partial charge is 0.388 e. The van der Waals surface area contributed by atoms with Crippen molar-refractivity contribution in [3.05, 3.63) is 0 Å². The first-order valence-electron chi connectivity index (χ1n) is 8.35. The third-order valence-corrected chi connectivity index (χ3v) is 5.55. The van der Waals surface area contributed by atoms with E-state index in [2.05, 4.69) is 36.4 Å². The molecule has 5 heteroatoms. The van der Waals surface area contributed by atoms with Gasteiger partial charge in [-0.25, -0.2) is 0 Å². The predicted octanol–water partition coefficient (Wildman–Crippen LogP) is 1.27. The van der Waals surface area contributed by atoms with Crippen LogP contribution in [0.25, 0.3) is 0 Å². The Morgan fingerprint density at radius 2 is 2.14 bits per heavy atom. The molecule has 3 rings (SSSR count). The summed E-state index contributed by atoms with van der Waals surface area (Å²) in [5.41, 5.74) is -0.415. The van der Waals surface area contributed by atoms with Gasteiger partial charge in [0.2, 0.25) is 0 Å². The van der Waals surface area contributed by atoms with Crippen LogP contribution >= 0.6 is 0 Å². The molecule has 0 bridgehead atoms. The minimum atomic E-state index is -0.559. The molecule has 3 N–H and O–H groups in total. The van der Waals surface area contributed by atoms with Crippen molar-refractivity contribution in [1.82, 2.24) is 10.6 Å². The number of nitrogens with zero attached hydrogens (tertiary/aromatic N) is 1. The fourth-order valence-corrected chi connectivity index (χ4v) is 4.05. The molecule has 0 aromatic carbocycles. The number of nitrogens with one attached hydrogen (secondary N) is 2. The van der Waals surface area contributed by atoms with Gasteiger partial charge in [-0.3, -0.25) is 4.99 Å². The molecule has 0 spiro atoms. The van der Waals surface area contributed by atoms with Gasteiger partial charge < -0.3 is 20.5 Å². The first-order valence-corrected chi connectivity index (χ1v) is 8.35. The summed E-state index contributed by atoms with van der Waals surface area (Å²) in [5, 5.41) is 17.1. The maximum absolute atomic E-state index is 10.2. The van der Waals surface area contributed by atoms with E-state index in [1.807, 2.05) is 0 Å². The van der Waals surface area contributed by atoms with Crippen LogP contribution in [0.15, 0.2) is 4.99 Å². The average molecular weight is 295 g/mol. The van der Waals surface area contributed by atoms with Crippen LogP contribution in [0.5, 0.6) is 0 Å². The number of guanidine groups is 1. The minimum Gasteiger partial charge on any atom is -0.388 e. The Morgan fingerprint density at radius 3 is 2.76 bits per heavy atom. The molecule has 3 unspecified atom stereocenters. The van der Waals surface area contributed by atoms with Crippen LogP contribution in [0.1, 0.15) is 46.5 Å². The van der Waals surface area contributed by atoms with Gasteiger partial charge in [-0.1, -0.05) is 13.8 Å².